The van der Waals surface area contributed by atoms with E-state index in [1.165, 1.54) is 0 Å². The summed E-state index contributed by atoms with van der Waals surface area (Å²) in [5, 5.41) is 0. The van der Waals surface area contributed by atoms with Crippen molar-refractivity contribution in [3.63, 3.8) is 0 Å². The van der Waals surface area contributed by atoms with Crippen molar-refractivity contribution in [2.75, 3.05) is 31.4 Å². The molecule has 0 radical (unpaired) electrons. The van der Waals surface area contributed by atoms with Gasteiger partial charge in [0.25, 0.3) is 10.1 Å². The summed E-state index contributed by atoms with van der Waals surface area (Å²) in [7, 11) is -1.52. The van der Waals surface area contributed by atoms with E-state index in [1.807, 2.05) is 30.1 Å². The summed E-state index contributed by atoms with van der Waals surface area (Å²) in [4.78, 5) is 5.94. The van der Waals surface area contributed by atoms with E-state index in [2.05, 4.69) is 9.17 Å². The van der Waals surface area contributed by atoms with Gasteiger partial charge in [0.05, 0.1) is 12.9 Å². The predicted octanol–water partition coefficient (Wildman–Crippen LogP) is 0.494. The van der Waals surface area contributed by atoms with Crippen LogP contribution in [0.15, 0.2) is 24.4 Å². The molecule has 5 nitrogen and oxygen atoms in total. The van der Waals surface area contributed by atoms with E-state index in [1.54, 1.807) is 6.20 Å². The lowest BCUT2D eigenvalue weighted by molar-refractivity contribution is 0.329. The molecular formula is C9H14N2O3S. The molecule has 0 bridgehead atoms. The van der Waals surface area contributed by atoms with Crippen molar-refractivity contribution in [2.45, 2.75) is 0 Å². The Morgan fingerprint density at radius 2 is 2.20 bits per heavy atom. The molecule has 0 aliphatic carbocycles. The van der Waals surface area contributed by atoms with Gasteiger partial charge < -0.3 is 4.90 Å². The number of rotatable bonds is 5. The van der Waals surface area contributed by atoms with Crippen LogP contribution in [-0.2, 0) is 14.3 Å². The second-order valence-electron chi connectivity index (χ2n) is 3.14. The van der Waals surface area contributed by atoms with Crippen LogP contribution < -0.4 is 4.90 Å². The summed E-state index contributed by atoms with van der Waals surface area (Å²) >= 11 is 0. The zero-order valence-corrected chi connectivity index (χ0v) is 9.57. The first-order valence-electron chi connectivity index (χ1n) is 4.45. The molecule has 1 aromatic heterocycles. The lowest BCUT2D eigenvalue weighted by Gasteiger charge is -2.16. The minimum Gasteiger partial charge on any atom is -0.357 e. The van der Waals surface area contributed by atoms with Gasteiger partial charge in [-0.1, -0.05) is 6.07 Å². The van der Waals surface area contributed by atoms with Crippen molar-refractivity contribution in [3.8, 4) is 0 Å². The Hall–Kier alpha value is -1.14. The van der Waals surface area contributed by atoms with E-state index < -0.39 is 10.1 Å². The quantitative estimate of drug-likeness (QED) is 0.689. The Kier molecular flexibility index (Phi) is 4.05. The molecule has 0 unspecified atom stereocenters. The van der Waals surface area contributed by atoms with Crippen molar-refractivity contribution >= 4 is 15.9 Å². The lowest BCUT2D eigenvalue weighted by atomic mass is 10.4. The molecule has 15 heavy (non-hydrogen) atoms. The van der Waals surface area contributed by atoms with Crippen LogP contribution in [-0.4, -0.2) is 39.9 Å². The molecule has 1 aromatic rings. The molecule has 0 atom stereocenters. The fraction of sp³-hybridized carbons (Fsp3) is 0.444. The molecule has 0 fully saturated rings. The van der Waals surface area contributed by atoms with E-state index in [0.29, 0.717) is 6.54 Å². The fourth-order valence-corrected chi connectivity index (χ4v) is 1.40. The minimum absolute atomic E-state index is 0.131. The van der Waals surface area contributed by atoms with E-state index in [-0.39, 0.29) is 6.61 Å². The van der Waals surface area contributed by atoms with Gasteiger partial charge in [0.15, 0.2) is 0 Å². The van der Waals surface area contributed by atoms with Crippen molar-refractivity contribution in [2.24, 2.45) is 0 Å². The maximum absolute atomic E-state index is 10.7. The number of nitrogens with zero attached hydrogens (tertiary/aromatic N) is 2. The maximum Gasteiger partial charge on any atom is 0.264 e. The summed E-state index contributed by atoms with van der Waals surface area (Å²) in [5.41, 5.74) is 0. The number of likely N-dealkylation sites (N-methyl/N-ethyl adjacent to an activating group) is 1. The molecule has 0 spiro atoms. The molecule has 0 saturated heterocycles. The van der Waals surface area contributed by atoms with Gasteiger partial charge in [-0.05, 0) is 12.1 Å². The van der Waals surface area contributed by atoms with Gasteiger partial charge >= 0.3 is 0 Å². The SMILES string of the molecule is CN(CCOS(C)(=O)=O)c1ccccn1. The van der Waals surface area contributed by atoms with E-state index in [4.69, 9.17) is 0 Å². The summed E-state index contributed by atoms with van der Waals surface area (Å²) in [6, 6.07) is 5.54. The van der Waals surface area contributed by atoms with Crippen molar-refractivity contribution < 1.29 is 12.6 Å². The van der Waals surface area contributed by atoms with Crippen LogP contribution in [0.25, 0.3) is 0 Å². The van der Waals surface area contributed by atoms with Crippen LogP contribution >= 0.6 is 0 Å². The van der Waals surface area contributed by atoms with E-state index >= 15 is 0 Å². The van der Waals surface area contributed by atoms with Crippen LogP contribution in [0.3, 0.4) is 0 Å². The maximum atomic E-state index is 10.7. The highest BCUT2D eigenvalue weighted by Gasteiger charge is 2.04. The molecule has 84 valence electrons. The summed E-state index contributed by atoms with van der Waals surface area (Å²) in [6.45, 7) is 0.607. The zero-order chi connectivity index (χ0) is 11.3. The molecule has 1 rings (SSSR count). The largest absolute Gasteiger partial charge is 0.357 e. The predicted molar refractivity (Wildman–Crippen MR) is 58.3 cm³/mol. The Morgan fingerprint density at radius 1 is 1.47 bits per heavy atom. The Balaban J connectivity index is 2.41. The Bertz CT molecular complexity index is 391. The Morgan fingerprint density at radius 3 is 2.73 bits per heavy atom. The standard InChI is InChI=1S/C9H14N2O3S/c1-11(7-8-14-15(2,12)13)9-5-3-4-6-10-9/h3-6H,7-8H2,1-2H3. The van der Waals surface area contributed by atoms with Crippen LogP contribution in [0.1, 0.15) is 0 Å². The molecule has 0 N–H and O–H groups in total. The molecule has 6 heteroatoms. The van der Waals surface area contributed by atoms with Gasteiger partial charge in [0, 0.05) is 19.8 Å². The highest BCUT2D eigenvalue weighted by molar-refractivity contribution is 7.85. The number of anilines is 1. The number of pyridine rings is 1. The van der Waals surface area contributed by atoms with Crippen molar-refractivity contribution in [1.29, 1.82) is 0 Å². The second kappa shape index (κ2) is 5.09. The Labute approximate surface area is 89.8 Å². The molecule has 0 saturated carbocycles. The monoisotopic (exact) mass is 230 g/mol. The van der Waals surface area contributed by atoms with Gasteiger partial charge in [-0.15, -0.1) is 0 Å². The van der Waals surface area contributed by atoms with E-state index in [9.17, 15) is 8.42 Å². The summed E-state index contributed by atoms with van der Waals surface area (Å²) < 4.78 is 26.0. The van der Waals surface area contributed by atoms with Gasteiger partial charge in [-0.2, -0.15) is 8.42 Å². The van der Waals surface area contributed by atoms with Gasteiger partial charge in [-0.3, -0.25) is 4.18 Å². The average molecular weight is 230 g/mol. The minimum atomic E-state index is -3.35. The van der Waals surface area contributed by atoms with Crippen molar-refractivity contribution in [3.05, 3.63) is 24.4 Å². The van der Waals surface area contributed by atoms with Crippen molar-refractivity contribution in [1.82, 2.24) is 4.98 Å². The lowest BCUT2D eigenvalue weighted by Crippen LogP contribution is -2.24. The highest BCUT2D eigenvalue weighted by atomic mass is 32.2. The summed E-state index contributed by atoms with van der Waals surface area (Å²) in [6.07, 6.45) is 2.72. The third kappa shape index (κ3) is 4.75. The van der Waals surface area contributed by atoms with Gasteiger partial charge in [0.1, 0.15) is 5.82 Å². The average Bonchev–Trinajstić information content (AvgIpc) is 2.17. The first-order valence-corrected chi connectivity index (χ1v) is 6.27. The highest BCUT2D eigenvalue weighted by Crippen LogP contribution is 2.05. The molecular weight excluding hydrogens is 216 g/mol. The number of aromatic nitrogens is 1. The normalized spacial score (nSPS) is 11.3. The molecule has 0 amide bonds. The summed E-state index contributed by atoms with van der Waals surface area (Å²) in [5.74, 6) is 0.787. The molecule has 0 aromatic carbocycles. The smallest absolute Gasteiger partial charge is 0.264 e. The van der Waals surface area contributed by atoms with Gasteiger partial charge in [-0.25, -0.2) is 4.98 Å². The number of hydrogen-bond donors (Lipinski definition) is 0. The van der Waals surface area contributed by atoms with Crippen LogP contribution in [0.4, 0.5) is 5.82 Å². The third-order valence-electron chi connectivity index (χ3n) is 1.76. The molecule has 1 heterocycles. The first-order chi connectivity index (χ1) is 6.99. The topological polar surface area (TPSA) is 59.5 Å². The molecule has 0 aliphatic heterocycles. The van der Waals surface area contributed by atoms with Crippen LogP contribution in [0, 0.1) is 0 Å². The van der Waals surface area contributed by atoms with Crippen LogP contribution in [0.5, 0.6) is 0 Å². The van der Waals surface area contributed by atoms with E-state index in [0.717, 1.165) is 12.1 Å². The second-order valence-corrected chi connectivity index (χ2v) is 4.78. The number of hydrogen-bond acceptors (Lipinski definition) is 5. The van der Waals surface area contributed by atoms with Gasteiger partial charge in [0.2, 0.25) is 0 Å². The first kappa shape index (κ1) is 11.9. The molecule has 0 aliphatic rings. The third-order valence-corrected chi connectivity index (χ3v) is 2.36. The fourth-order valence-electron chi connectivity index (χ4n) is 1.02. The van der Waals surface area contributed by atoms with Crippen LogP contribution in [0.2, 0.25) is 0 Å². The zero-order valence-electron chi connectivity index (χ0n) is 8.75.